The second-order valence-electron chi connectivity index (χ2n) is 9.81. The lowest BCUT2D eigenvalue weighted by Gasteiger charge is -2.41. The number of hydrogen-bond acceptors (Lipinski definition) is 4. The lowest BCUT2D eigenvalue weighted by molar-refractivity contribution is -0.141. The summed E-state index contributed by atoms with van der Waals surface area (Å²) in [5.41, 5.74) is -0.787. The van der Waals surface area contributed by atoms with Gasteiger partial charge >= 0.3 is 5.97 Å². The Hall–Kier alpha value is -3.71. The first-order valence-electron chi connectivity index (χ1n) is 12.4. The van der Waals surface area contributed by atoms with E-state index in [9.17, 15) is 27.5 Å². The highest BCUT2D eigenvalue weighted by molar-refractivity contribution is 5.84. The van der Waals surface area contributed by atoms with Crippen LogP contribution in [0.15, 0.2) is 36.5 Å². The molecule has 4 rings (SSSR count). The van der Waals surface area contributed by atoms with Gasteiger partial charge in [-0.05, 0) is 68.5 Å². The minimum Gasteiger partial charge on any atom is -0.497 e. The normalized spacial score (nSPS) is 15.9. The molecule has 1 fully saturated rings. The number of carboxylic acids is 1. The number of hydrogen-bond donors (Lipinski definition) is 1. The molecular weight excluding hydrogens is 519 g/mol. The third-order valence-electron chi connectivity index (χ3n) is 7.27. The van der Waals surface area contributed by atoms with Crippen molar-refractivity contribution < 1.29 is 36.6 Å². The summed E-state index contributed by atoms with van der Waals surface area (Å²) in [6.07, 6.45) is 0.145. The van der Waals surface area contributed by atoms with Crippen molar-refractivity contribution in [3.8, 4) is 17.6 Å². The zero-order chi connectivity index (χ0) is 28.2. The van der Waals surface area contributed by atoms with Crippen LogP contribution in [0.4, 0.5) is 22.0 Å². The Morgan fingerprint density at radius 2 is 1.90 bits per heavy atom. The van der Waals surface area contributed by atoms with Crippen molar-refractivity contribution in [2.24, 2.45) is 5.41 Å². The third-order valence-corrected chi connectivity index (χ3v) is 7.27. The summed E-state index contributed by atoms with van der Waals surface area (Å²) in [5, 5.41) is 9.85. The van der Waals surface area contributed by atoms with E-state index in [1.807, 2.05) is 4.90 Å². The molecule has 1 aliphatic rings. The fourth-order valence-electron chi connectivity index (χ4n) is 5.11. The fraction of sp³-hybridized carbons (Fsp3) is 0.379. The number of nitrogens with zero attached hydrogens (tertiary/aromatic N) is 2. The Balaban J connectivity index is 1.44. The molecule has 0 aliphatic carbocycles. The number of halogens is 5. The quantitative estimate of drug-likeness (QED) is 0.207. The van der Waals surface area contributed by atoms with E-state index in [0.29, 0.717) is 48.6 Å². The van der Waals surface area contributed by atoms with E-state index < -0.39 is 40.8 Å². The van der Waals surface area contributed by atoms with E-state index in [2.05, 4.69) is 16.8 Å². The number of aliphatic carboxylic acids is 1. The number of carboxylic acid groups (broad SMARTS) is 1. The standard InChI is InChI=1S/C29H27F5N2O3/c1-39-20-4-5-25-21(15-20)27(24(33)17-35-25)22(31)6-7-29(16-26(37)38)8-11-36(12-9-29)10-2-3-18-13-19(30)14-23(32)28(18)34/h4-5,13-15,17,22H,6-12,16H2,1H3,(H,37,38)/t22-/m1/s1. The highest BCUT2D eigenvalue weighted by Gasteiger charge is 2.37. The molecule has 0 bridgehead atoms. The Morgan fingerprint density at radius 3 is 2.59 bits per heavy atom. The van der Waals surface area contributed by atoms with E-state index >= 15 is 4.39 Å². The van der Waals surface area contributed by atoms with Crippen LogP contribution in [0.5, 0.6) is 5.75 Å². The van der Waals surface area contributed by atoms with Crippen LogP contribution in [0.1, 0.15) is 49.4 Å². The van der Waals surface area contributed by atoms with Crippen molar-refractivity contribution in [2.45, 2.75) is 38.3 Å². The first-order valence-corrected chi connectivity index (χ1v) is 12.4. The highest BCUT2D eigenvalue weighted by atomic mass is 19.2. The number of alkyl halides is 1. The highest BCUT2D eigenvalue weighted by Crippen LogP contribution is 2.43. The van der Waals surface area contributed by atoms with E-state index in [0.717, 1.165) is 12.3 Å². The third kappa shape index (κ3) is 6.66. The second-order valence-corrected chi connectivity index (χ2v) is 9.81. The molecule has 1 aliphatic heterocycles. The number of aromatic nitrogens is 1. The molecule has 1 aromatic heterocycles. The van der Waals surface area contributed by atoms with Crippen molar-refractivity contribution in [3.63, 3.8) is 0 Å². The van der Waals surface area contributed by atoms with Gasteiger partial charge in [0.25, 0.3) is 0 Å². The van der Waals surface area contributed by atoms with Crippen LogP contribution in [-0.2, 0) is 4.79 Å². The van der Waals surface area contributed by atoms with Crippen LogP contribution >= 0.6 is 0 Å². The summed E-state index contributed by atoms with van der Waals surface area (Å²) < 4.78 is 76.0. The molecule has 1 atom stereocenters. The molecule has 206 valence electrons. The maximum absolute atomic E-state index is 15.5. The van der Waals surface area contributed by atoms with Gasteiger partial charge < -0.3 is 9.84 Å². The molecule has 0 radical (unpaired) electrons. The molecule has 2 aromatic carbocycles. The number of likely N-dealkylation sites (tertiary alicyclic amines) is 1. The number of piperidine rings is 1. The van der Waals surface area contributed by atoms with Gasteiger partial charge in [-0.1, -0.05) is 11.8 Å². The van der Waals surface area contributed by atoms with Crippen molar-refractivity contribution in [3.05, 3.63) is 70.9 Å². The minimum absolute atomic E-state index is 0.0786. The molecule has 39 heavy (non-hydrogen) atoms. The first-order chi connectivity index (χ1) is 18.6. The lowest BCUT2D eigenvalue weighted by atomic mass is 9.71. The summed E-state index contributed by atoms with van der Waals surface area (Å²) in [7, 11) is 1.45. The number of methoxy groups -OCH3 is 1. The molecule has 0 spiro atoms. The average molecular weight is 547 g/mol. The largest absolute Gasteiger partial charge is 0.497 e. The second kappa shape index (κ2) is 12.0. The maximum Gasteiger partial charge on any atom is 0.303 e. The zero-order valence-corrected chi connectivity index (χ0v) is 21.2. The Labute approximate surface area is 222 Å². The molecule has 0 amide bonds. The predicted molar refractivity (Wildman–Crippen MR) is 135 cm³/mol. The van der Waals surface area contributed by atoms with E-state index in [1.54, 1.807) is 12.1 Å². The smallest absolute Gasteiger partial charge is 0.303 e. The van der Waals surface area contributed by atoms with E-state index in [1.165, 1.54) is 13.2 Å². The van der Waals surface area contributed by atoms with Crippen molar-refractivity contribution in [1.82, 2.24) is 9.88 Å². The van der Waals surface area contributed by atoms with Crippen molar-refractivity contribution in [1.29, 1.82) is 0 Å². The van der Waals surface area contributed by atoms with E-state index in [-0.39, 0.29) is 36.9 Å². The molecular formula is C29H27F5N2O3. The fourth-order valence-corrected chi connectivity index (χ4v) is 5.11. The Bertz CT molecular complexity index is 1430. The lowest BCUT2D eigenvalue weighted by Crippen LogP contribution is -2.41. The molecule has 10 heteroatoms. The number of carbonyl (C=O) groups is 1. The summed E-state index contributed by atoms with van der Waals surface area (Å²) in [6.45, 7) is 1.08. The SMILES string of the molecule is COc1ccc2ncc(F)c([C@H](F)CCC3(CC(=O)O)CCN(CC#Cc4cc(F)cc(F)c4F)CC3)c2c1. The van der Waals surface area contributed by atoms with Crippen LogP contribution in [-0.4, -0.2) is 47.7 Å². The van der Waals surface area contributed by atoms with Crippen LogP contribution in [0, 0.1) is 40.5 Å². The van der Waals surface area contributed by atoms with Gasteiger partial charge in [0.1, 0.15) is 23.6 Å². The van der Waals surface area contributed by atoms with E-state index in [4.69, 9.17) is 4.74 Å². The van der Waals surface area contributed by atoms with Crippen molar-refractivity contribution >= 4 is 16.9 Å². The number of pyridine rings is 1. The van der Waals surface area contributed by atoms with Crippen molar-refractivity contribution in [2.75, 3.05) is 26.7 Å². The topological polar surface area (TPSA) is 62.7 Å². The summed E-state index contributed by atoms with van der Waals surface area (Å²) in [5.74, 6) is 0.328. The van der Waals surface area contributed by atoms with Gasteiger partial charge in [-0.3, -0.25) is 14.7 Å². The maximum atomic E-state index is 15.5. The molecule has 2 heterocycles. The molecule has 1 N–H and O–H groups in total. The predicted octanol–water partition coefficient (Wildman–Crippen LogP) is 6.20. The molecule has 1 saturated heterocycles. The first kappa shape index (κ1) is 28.3. The zero-order valence-electron chi connectivity index (χ0n) is 21.2. The van der Waals surface area contributed by atoms with Crippen LogP contribution < -0.4 is 4.74 Å². The van der Waals surface area contributed by atoms with Gasteiger partial charge in [-0.15, -0.1) is 0 Å². The molecule has 0 saturated carbocycles. The van der Waals surface area contributed by atoms with Gasteiger partial charge in [-0.25, -0.2) is 22.0 Å². The van der Waals surface area contributed by atoms with Gasteiger partial charge in [0.15, 0.2) is 11.6 Å². The average Bonchev–Trinajstić information content (AvgIpc) is 2.90. The monoisotopic (exact) mass is 546 g/mol. The number of fused-ring (bicyclic) bond motifs is 1. The Kier molecular flexibility index (Phi) is 8.70. The van der Waals surface area contributed by atoms with Gasteiger partial charge in [-0.2, -0.15) is 0 Å². The number of ether oxygens (including phenoxy) is 1. The van der Waals surface area contributed by atoms with Crippen LogP contribution in [0.2, 0.25) is 0 Å². The van der Waals surface area contributed by atoms with Crippen LogP contribution in [0.3, 0.4) is 0 Å². The van der Waals surface area contributed by atoms with Crippen LogP contribution in [0.25, 0.3) is 10.9 Å². The summed E-state index contributed by atoms with van der Waals surface area (Å²) in [4.78, 5) is 17.6. The van der Waals surface area contributed by atoms with Gasteiger partial charge in [0.2, 0.25) is 0 Å². The number of rotatable bonds is 8. The Morgan fingerprint density at radius 1 is 1.15 bits per heavy atom. The molecule has 0 unspecified atom stereocenters. The summed E-state index contributed by atoms with van der Waals surface area (Å²) in [6, 6.07) is 6.06. The van der Waals surface area contributed by atoms with Gasteiger partial charge in [0, 0.05) is 17.0 Å². The number of benzene rings is 2. The summed E-state index contributed by atoms with van der Waals surface area (Å²) >= 11 is 0. The van der Waals surface area contributed by atoms with Gasteiger partial charge in [0.05, 0.1) is 37.4 Å². The molecule has 5 nitrogen and oxygen atoms in total. The molecule has 3 aromatic rings. The minimum atomic E-state index is -1.68.